The largest absolute Gasteiger partial charge is 0.377 e. The second-order valence-corrected chi connectivity index (χ2v) is 7.55. The third-order valence-electron chi connectivity index (χ3n) is 3.07. The van der Waals surface area contributed by atoms with Gasteiger partial charge in [-0.1, -0.05) is 15.9 Å². The van der Waals surface area contributed by atoms with Crippen LogP contribution in [-0.4, -0.2) is 50.5 Å². The van der Waals surface area contributed by atoms with Crippen LogP contribution >= 0.6 is 15.9 Å². The number of nitro benzene ring substituents is 1. The number of nitrogens with one attached hydrogen (secondary N) is 1. The van der Waals surface area contributed by atoms with Gasteiger partial charge in [-0.2, -0.15) is 8.42 Å². The van der Waals surface area contributed by atoms with E-state index in [1.54, 1.807) is 4.90 Å². The van der Waals surface area contributed by atoms with Gasteiger partial charge in [-0.05, 0) is 6.07 Å². The minimum absolute atomic E-state index is 0.00566. The van der Waals surface area contributed by atoms with Gasteiger partial charge in [0.05, 0.1) is 24.4 Å². The van der Waals surface area contributed by atoms with E-state index in [2.05, 4.69) is 26.1 Å². The summed E-state index contributed by atoms with van der Waals surface area (Å²) in [5, 5.41) is 14.1. The van der Waals surface area contributed by atoms with Gasteiger partial charge in [0.15, 0.2) is 0 Å². The molecule has 0 aliphatic carbocycles. The van der Waals surface area contributed by atoms with Crippen LogP contribution in [0.5, 0.6) is 0 Å². The number of benzene rings is 1. The molecule has 0 fully saturated rings. The molecule has 10 nitrogen and oxygen atoms in total. The fourth-order valence-electron chi connectivity index (χ4n) is 2.10. The molecule has 0 aromatic heterocycles. The van der Waals surface area contributed by atoms with Gasteiger partial charge >= 0.3 is 0 Å². The molecule has 0 bridgehead atoms. The van der Waals surface area contributed by atoms with Crippen molar-refractivity contribution in [2.75, 3.05) is 41.5 Å². The van der Waals surface area contributed by atoms with Crippen LogP contribution in [0.1, 0.15) is 6.92 Å². The van der Waals surface area contributed by atoms with Crippen LogP contribution in [0.2, 0.25) is 0 Å². The first-order valence-corrected chi connectivity index (χ1v) is 10.2. The normalized spacial score (nSPS) is 10.8. The van der Waals surface area contributed by atoms with Gasteiger partial charge in [0.2, 0.25) is 11.6 Å². The number of rotatable bonds is 9. The zero-order valence-corrected chi connectivity index (χ0v) is 16.5. The van der Waals surface area contributed by atoms with Crippen LogP contribution < -0.4 is 10.2 Å². The van der Waals surface area contributed by atoms with Crippen molar-refractivity contribution in [3.63, 3.8) is 0 Å². The summed E-state index contributed by atoms with van der Waals surface area (Å²) in [6.07, 6.45) is 0.924. The Balaban J connectivity index is 3.32. The van der Waals surface area contributed by atoms with Crippen LogP contribution in [0.3, 0.4) is 0 Å². The number of nitrogens with zero attached hydrogens (tertiary/aromatic N) is 3. The maximum absolute atomic E-state index is 11.3. The van der Waals surface area contributed by atoms with Gasteiger partial charge < -0.3 is 10.2 Å². The van der Waals surface area contributed by atoms with Crippen molar-refractivity contribution in [3.05, 3.63) is 33.7 Å². The Morgan fingerprint density at radius 1 is 1.46 bits per heavy atom. The topological polar surface area (TPSA) is 123 Å². The Morgan fingerprint density at radius 3 is 2.58 bits per heavy atom. The van der Waals surface area contributed by atoms with Crippen LogP contribution in [0.15, 0.2) is 12.1 Å². The van der Waals surface area contributed by atoms with Gasteiger partial charge in [-0.25, -0.2) is 4.85 Å². The van der Waals surface area contributed by atoms with E-state index in [0.29, 0.717) is 17.6 Å². The summed E-state index contributed by atoms with van der Waals surface area (Å²) in [5.41, 5.74) is -0.119. The number of hydrogen-bond donors (Lipinski definition) is 1. The monoisotopic (exact) mass is 448 g/mol. The molecule has 0 radical (unpaired) electrons. The Kier molecular flexibility index (Phi) is 7.94. The van der Waals surface area contributed by atoms with Crippen LogP contribution in [0.25, 0.3) is 4.85 Å². The average Bonchev–Trinajstić information content (AvgIpc) is 2.51. The quantitative estimate of drug-likeness (QED) is 0.202. The van der Waals surface area contributed by atoms with E-state index >= 15 is 0 Å². The molecule has 0 aliphatic heterocycles. The van der Waals surface area contributed by atoms with E-state index in [4.69, 9.17) is 10.8 Å². The number of carbonyl (C=O) groups is 1. The Hall–Kier alpha value is -2.23. The fourth-order valence-corrected chi connectivity index (χ4v) is 2.91. The SMILES string of the molecule is [C-]#[N+]c1cc([N+](=O)[O-])c(NC(C)=O)cc1N(CCBr)CCOS(C)(=O)=O. The number of carbonyl (C=O) groups excluding carboxylic acids is 1. The summed E-state index contributed by atoms with van der Waals surface area (Å²) in [6.45, 7) is 8.84. The van der Waals surface area contributed by atoms with Crippen molar-refractivity contribution in [1.82, 2.24) is 0 Å². The lowest BCUT2D eigenvalue weighted by atomic mass is 10.1. The molecule has 1 aromatic carbocycles. The van der Waals surface area contributed by atoms with E-state index < -0.39 is 26.6 Å². The summed E-state index contributed by atoms with van der Waals surface area (Å²) >= 11 is 3.27. The molecule has 26 heavy (non-hydrogen) atoms. The van der Waals surface area contributed by atoms with Crippen LogP contribution in [0, 0.1) is 16.7 Å². The van der Waals surface area contributed by atoms with Crippen molar-refractivity contribution in [1.29, 1.82) is 0 Å². The zero-order chi connectivity index (χ0) is 19.9. The lowest BCUT2D eigenvalue weighted by Gasteiger charge is -2.25. The zero-order valence-electron chi connectivity index (χ0n) is 14.1. The number of halogens is 1. The predicted molar refractivity (Wildman–Crippen MR) is 100 cm³/mol. The predicted octanol–water partition coefficient (Wildman–Crippen LogP) is 2.28. The minimum Gasteiger partial charge on any atom is -0.377 e. The van der Waals surface area contributed by atoms with Gasteiger partial charge in [0.1, 0.15) is 5.69 Å². The molecule has 0 atom stereocenters. The molecule has 142 valence electrons. The number of hydrogen-bond acceptors (Lipinski definition) is 7. The highest BCUT2D eigenvalue weighted by Gasteiger charge is 2.22. The van der Waals surface area contributed by atoms with Gasteiger partial charge in [0.25, 0.3) is 15.8 Å². The van der Waals surface area contributed by atoms with Crippen molar-refractivity contribution in [2.45, 2.75) is 6.92 Å². The van der Waals surface area contributed by atoms with E-state index in [1.807, 2.05) is 0 Å². The van der Waals surface area contributed by atoms with Gasteiger partial charge in [-0.15, -0.1) is 0 Å². The van der Waals surface area contributed by atoms with Gasteiger partial charge in [-0.3, -0.25) is 19.1 Å². The molecule has 1 rings (SSSR count). The van der Waals surface area contributed by atoms with E-state index in [0.717, 1.165) is 12.3 Å². The highest BCUT2D eigenvalue weighted by molar-refractivity contribution is 9.09. The molecule has 0 heterocycles. The Labute approximate surface area is 159 Å². The summed E-state index contributed by atoms with van der Waals surface area (Å²) in [6, 6.07) is 2.41. The smallest absolute Gasteiger partial charge is 0.282 e. The Morgan fingerprint density at radius 2 is 2.12 bits per heavy atom. The van der Waals surface area contributed by atoms with Crippen molar-refractivity contribution < 1.29 is 22.3 Å². The highest BCUT2D eigenvalue weighted by Crippen LogP contribution is 2.38. The second-order valence-electron chi connectivity index (χ2n) is 5.11. The summed E-state index contributed by atoms with van der Waals surface area (Å²) in [5.74, 6) is -0.498. The van der Waals surface area contributed by atoms with E-state index in [1.165, 1.54) is 13.0 Å². The maximum Gasteiger partial charge on any atom is 0.282 e. The molecule has 12 heteroatoms. The fraction of sp³-hybridized carbons (Fsp3) is 0.429. The Bertz CT molecular complexity index is 837. The standard InChI is InChI=1S/C14H17BrN4O6S/c1-10(20)17-12-9-13(11(16-2)8-14(12)19(21)22)18(5-4-15)6-7-25-26(3,23)24/h8-9H,4-7H2,1,3H3,(H,17,20). The molecule has 0 unspecified atom stereocenters. The molecule has 0 saturated carbocycles. The number of anilines is 2. The lowest BCUT2D eigenvalue weighted by molar-refractivity contribution is -0.383. The van der Waals surface area contributed by atoms with E-state index in [-0.39, 0.29) is 24.5 Å². The van der Waals surface area contributed by atoms with Crippen molar-refractivity contribution in [2.24, 2.45) is 0 Å². The van der Waals surface area contributed by atoms with Crippen molar-refractivity contribution >= 4 is 54.7 Å². The third kappa shape index (κ3) is 6.58. The molecule has 1 amide bonds. The van der Waals surface area contributed by atoms with Crippen molar-refractivity contribution in [3.8, 4) is 0 Å². The number of alkyl halides is 1. The van der Waals surface area contributed by atoms with Gasteiger partial charge in [0, 0.05) is 37.1 Å². The minimum atomic E-state index is -3.62. The van der Waals surface area contributed by atoms with E-state index in [9.17, 15) is 23.3 Å². The summed E-state index contributed by atoms with van der Waals surface area (Å²) in [4.78, 5) is 26.8. The molecule has 0 spiro atoms. The first-order chi connectivity index (χ1) is 12.1. The first-order valence-electron chi connectivity index (χ1n) is 7.22. The highest BCUT2D eigenvalue weighted by atomic mass is 79.9. The second kappa shape index (κ2) is 9.46. The molecule has 1 N–H and O–H groups in total. The van der Waals surface area contributed by atoms with Crippen LogP contribution in [0.4, 0.5) is 22.7 Å². The molecular weight excluding hydrogens is 432 g/mol. The third-order valence-corrected chi connectivity index (χ3v) is 4.02. The lowest BCUT2D eigenvalue weighted by Crippen LogP contribution is -2.30. The molecule has 0 aliphatic rings. The average molecular weight is 449 g/mol. The summed E-state index contributed by atoms with van der Waals surface area (Å²) < 4.78 is 26.9. The number of nitro groups is 1. The first kappa shape index (κ1) is 21.8. The molecule has 0 saturated heterocycles. The maximum atomic E-state index is 11.3. The molecule has 1 aromatic rings. The summed E-state index contributed by atoms with van der Waals surface area (Å²) in [7, 11) is -3.62. The van der Waals surface area contributed by atoms with Crippen LogP contribution in [-0.2, 0) is 19.1 Å². The molecular formula is C14H17BrN4O6S. The number of amides is 1.